The van der Waals surface area contributed by atoms with Crippen molar-refractivity contribution in [3.8, 4) is 0 Å². The lowest BCUT2D eigenvalue weighted by Crippen LogP contribution is -1.81. The van der Waals surface area contributed by atoms with Crippen LogP contribution in [0, 0.1) is 0 Å². The Balaban J connectivity index is 0.000000249. The van der Waals surface area contributed by atoms with Crippen LogP contribution in [0.15, 0.2) is 54.6 Å². The van der Waals surface area contributed by atoms with E-state index >= 15 is 0 Å². The Hall–Kier alpha value is -1.56. The van der Waals surface area contributed by atoms with Gasteiger partial charge in [-0.3, -0.25) is 0 Å². The molecule has 0 unspecified atom stereocenters. The van der Waals surface area contributed by atoms with E-state index in [-0.39, 0.29) is 0 Å². The van der Waals surface area contributed by atoms with Gasteiger partial charge in [0.1, 0.15) is 0 Å². The van der Waals surface area contributed by atoms with Crippen LogP contribution in [0.1, 0.15) is 32.8 Å². The van der Waals surface area contributed by atoms with Crippen molar-refractivity contribution < 1.29 is 0 Å². The molecule has 0 saturated carbocycles. The van der Waals surface area contributed by atoms with Crippen LogP contribution in [0.4, 0.5) is 0 Å². The summed E-state index contributed by atoms with van der Waals surface area (Å²) in [5.41, 5.74) is 1.44. The SMILES string of the molecule is C/C=C\CC.CCc1cccc2ccccc12. The van der Waals surface area contributed by atoms with Gasteiger partial charge in [-0.15, -0.1) is 0 Å². The Labute approximate surface area is 105 Å². The minimum Gasteiger partial charge on any atom is -0.0917 e. The van der Waals surface area contributed by atoms with Gasteiger partial charge in [-0.05, 0) is 36.1 Å². The Bertz CT molecular complexity index is 461. The molecule has 0 heteroatoms. The molecule has 0 aromatic heterocycles. The summed E-state index contributed by atoms with van der Waals surface area (Å²) in [5, 5.41) is 2.74. The predicted octanol–water partition coefficient (Wildman–Crippen LogP) is 5.37. The van der Waals surface area contributed by atoms with Crippen molar-refractivity contribution in [3.63, 3.8) is 0 Å². The van der Waals surface area contributed by atoms with Gasteiger partial charge in [0, 0.05) is 0 Å². The van der Waals surface area contributed by atoms with Crippen LogP contribution in [0.2, 0.25) is 0 Å². The van der Waals surface area contributed by atoms with E-state index in [9.17, 15) is 0 Å². The van der Waals surface area contributed by atoms with E-state index in [4.69, 9.17) is 0 Å². The molecule has 0 aliphatic rings. The molecule has 0 aliphatic heterocycles. The fourth-order valence-electron chi connectivity index (χ4n) is 1.84. The molecule has 0 nitrogen and oxygen atoms in total. The summed E-state index contributed by atoms with van der Waals surface area (Å²) in [6, 6.07) is 15.0. The number of allylic oxidation sites excluding steroid dienone is 2. The number of rotatable bonds is 2. The van der Waals surface area contributed by atoms with E-state index < -0.39 is 0 Å². The summed E-state index contributed by atoms with van der Waals surface area (Å²) in [4.78, 5) is 0. The summed E-state index contributed by atoms with van der Waals surface area (Å²) in [5.74, 6) is 0. The molecule has 2 aromatic carbocycles. The van der Waals surface area contributed by atoms with Gasteiger partial charge in [-0.2, -0.15) is 0 Å². The highest BCUT2D eigenvalue weighted by Gasteiger charge is 1.95. The molecular weight excluding hydrogens is 204 g/mol. The molecule has 0 radical (unpaired) electrons. The highest BCUT2D eigenvalue weighted by molar-refractivity contribution is 5.85. The minimum atomic E-state index is 1.11. The molecule has 0 spiro atoms. The van der Waals surface area contributed by atoms with Gasteiger partial charge in [0.2, 0.25) is 0 Å². The van der Waals surface area contributed by atoms with Crippen molar-refractivity contribution >= 4 is 10.8 Å². The van der Waals surface area contributed by atoms with Crippen molar-refractivity contribution in [1.82, 2.24) is 0 Å². The van der Waals surface area contributed by atoms with E-state index in [1.807, 2.05) is 6.92 Å². The van der Waals surface area contributed by atoms with Crippen LogP contribution >= 0.6 is 0 Å². The third-order valence-electron chi connectivity index (χ3n) is 2.73. The Morgan fingerprint density at radius 1 is 0.941 bits per heavy atom. The quantitative estimate of drug-likeness (QED) is 0.603. The van der Waals surface area contributed by atoms with Crippen LogP contribution in [0.25, 0.3) is 10.8 Å². The van der Waals surface area contributed by atoms with E-state index in [2.05, 4.69) is 68.5 Å². The molecule has 0 N–H and O–H groups in total. The second kappa shape index (κ2) is 7.67. The summed E-state index contributed by atoms with van der Waals surface area (Å²) in [6.07, 6.45) is 6.46. The average molecular weight is 226 g/mol. The molecule has 0 fully saturated rings. The van der Waals surface area contributed by atoms with Gasteiger partial charge in [0.25, 0.3) is 0 Å². The van der Waals surface area contributed by atoms with E-state index in [0.717, 1.165) is 12.8 Å². The van der Waals surface area contributed by atoms with Crippen molar-refractivity contribution in [2.45, 2.75) is 33.6 Å². The Morgan fingerprint density at radius 2 is 1.65 bits per heavy atom. The summed E-state index contributed by atoms with van der Waals surface area (Å²) in [6.45, 7) is 6.35. The van der Waals surface area contributed by atoms with E-state index in [1.54, 1.807) is 0 Å². The molecule has 0 atom stereocenters. The van der Waals surface area contributed by atoms with Crippen molar-refractivity contribution in [1.29, 1.82) is 0 Å². The smallest absolute Gasteiger partial charge is 0.0152 e. The standard InChI is InChI=1S/C12H12.C5H10/c1-2-10-7-5-8-11-6-3-4-9-12(10)11;1-3-5-4-2/h3-9H,2H2,1H3;3,5H,4H2,1-2H3/b;5-3-. The molecule has 2 aromatic rings. The van der Waals surface area contributed by atoms with Crippen molar-refractivity contribution in [2.24, 2.45) is 0 Å². The lowest BCUT2D eigenvalue weighted by molar-refractivity contribution is 1.16. The zero-order valence-corrected chi connectivity index (χ0v) is 11.1. The molecule has 90 valence electrons. The maximum atomic E-state index is 2.20. The molecule has 0 aliphatic carbocycles. The molecule has 17 heavy (non-hydrogen) atoms. The number of fused-ring (bicyclic) bond motifs is 1. The van der Waals surface area contributed by atoms with Gasteiger partial charge in [0.05, 0.1) is 0 Å². The van der Waals surface area contributed by atoms with Crippen LogP contribution in [-0.2, 0) is 6.42 Å². The van der Waals surface area contributed by atoms with Gasteiger partial charge in [-0.25, -0.2) is 0 Å². The topological polar surface area (TPSA) is 0 Å². The van der Waals surface area contributed by atoms with Gasteiger partial charge in [-0.1, -0.05) is 68.5 Å². The Kier molecular flexibility index (Phi) is 6.09. The summed E-state index contributed by atoms with van der Waals surface area (Å²) >= 11 is 0. The average Bonchev–Trinajstić information content (AvgIpc) is 2.40. The third kappa shape index (κ3) is 4.07. The van der Waals surface area contributed by atoms with E-state index in [1.165, 1.54) is 16.3 Å². The largest absolute Gasteiger partial charge is 0.0917 e. The van der Waals surface area contributed by atoms with Crippen LogP contribution in [-0.4, -0.2) is 0 Å². The van der Waals surface area contributed by atoms with Crippen molar-refractivity contribution in [3.05, 3.63) is 60.2 Å². The normalized spacial score (nSPS) is 10.3. The lowest BCUT2D eigenvalue weighted by Gasteiger charge is -2.02. The van der Waals surface area contributed by atoms with E-state index in [0.29, 0.717) is 0 Å². The zero-order valence-electron chi connectivity index (χ0n) is 11.1. The third-order valence-corrected chi connectivity index (χ3v) is 2.73. The first-order valence-corrected chi connectivity index (χ1v) is 6.41. The number of aryl methyl sites for hydroxylation is 1. The molecular formula is C17H22. The highest BCUT2D eigenvalue weighted by atomic mass is 14.0. The second-order valence-corrected chi connectivity index (χ2v) is 3.97. The van der Waals surface area contributed by atoms with Gasteiger partial charge in [0.15, 0.2) is 0 Å². The first kappa shape index (κ1) is 13.5. The van der Waals surface area contributed by atoms with Crippen LogP contribution in [0.3, 0.4) is 0 Å². The molecule has 0 heterocycles. The molecule has 0 amide bonds. The molecule has 2 rings (SSSR count). The first-order chi connectivity index (χ1) is 8.33. The predicted molar refractivity (Wildman–Crippen MR) is 78.4 cm³/mol. The first-order valence-electron chi connectivity index (χ1n) is 6.41. The fraction of sp³-hybridized carbons (Fsp3) is 0.294. The minimum absolute atomic E-state index is 1.11. The lowest BCUT2D eigenvalue weighted by atomic mass is 10.0. The van der Waals surface area contributed by atoms with Gasteiger partial charge < -0.3 is 0 Å². The second-order valence-electron chi connectivity index (χ2n) is 3.97. The summed E-state index contributed by atoms with van der Waals surface area (Å²) in [7, 11) is 0. The fourth-order valence-corrected chi connectivity index (χ4v) is 1.84. The zero-order chi connectivity index (χ0) is 12.5. The van der Waals surface area contributed by atoms with Crippen molar-refractivity contribution in [2.75, 3.05) is 0 Å². The number of hydrogen-bond acceptors (Lipinski definition) is 0. The molecule has 0 bridgehead atoms. The van der Waals surface area contributed by atoms with Crippen LogP contribution < -0.4 is 0 Å². The highest BCUT2D eigenvalue weighted by Crippen LogP contribution is 2.18. The maximum absolute atomic E-state index is 2.20. The van der Waals surface area contributed by atoms with Gasteiger partial charge >= 0.3 is 0 Å². The summed E-state index contributed by atoms with van der Waals surface area (Å²) < 4.78 is 0. The molecule has 0 saturated heterocycles. The maximum Gasteiger partial charge on any atom is -0.0152 e. The monoisotopic (exact) mass is 226 g/mol. The number of hydrogen-bond donors (Lipinski definition) is 0. The Morgan fingerprint density at radius 3 is 2.24 bits per heavy atom. The van der Waals surface area contributed by atoms with Crippen LogP contribution in [0.5, 0.6) is 0 Å². The number of benzene rings is 2.